The Morgan fingerprint density at radius 2 is 2.19 bits per heavy atom. The Hall–Kier alpha value is -2.11. The smallest absolute Gasteiger partial charge is 0.534 e. The lowest BCUT2D eigenvalue weighted by Crippen LogP contribution is -2.53. The first kappa shape index (κ1) is 20.2. The van der Waals surface area contributed by atoms with Crippen LogP contribution in [0.15, 0.2) is 18.2 Å². The van der Waals surface area contributed by atoms with Gasteiger partial charge in [0.15, 0.2) is 0 Å². The van der Waals surface area contributed by atoms with E-state index in [9.17, 15) is 23.0 Å². The first-order valence-electron chi connectivity index (χ1n) is 8.15. The van der Waals surface area contributed by atoms with Crippen molar-refractivity contribution in [1.29, 1.82) is 0 Å². The molecule has 1 aromatic rings. The number of sulfonamides is 1. The van der Waals surface area contributed by atoms with Crippen molar-refractivity contribution in [3.05, 3.63) is 29.3 Å². The van der Waals surface area contributed by atoms with Crippen molar-refractivity contribution >= 4 is 29.0 Å². The number of carbonyl (C=O) groups is 2. The summed E-state index contributed by atoms with van der Waals surface area (Å²) in [5.74, 6) is -1.76. The fourth-order valence-corrected chi connectivity index (χ4v) is 3.18. The minimum Gasteiger partial charge on any atom is -0.534 e. The number of esters is 1. The summed E-state index contributed by atoms with van der Waals surface area (Å²) in [6.45, 7) is 1.90. The molecule has 4 N–H and O–H groups in total. The number of hydrogen-bond donors (Lipinski definition) is 3. The molecule has 1 aromatic carbocycles. The van der Waals surface area contributed by atoms with E-state index >= 15 is 0 Å². The first-order valence-corrected chi connectivity index (χ1v) is 9.86. The quantitative estimate of drug-likeness (QED) is 0.419. The minimum atomic E-state index is -3.62. The number of primary sulfonamides is 1. The maximum absolute atomic E-state index is 12.0. The Bertz CT molecular complexity index is 784. The lowest BCUT2D eigenvalue weighted by atomic mass is 9.72. The van der Waals surface area contributed by atoms with Gasteiger partial charge in [-0.1, -0.05) is 12.1 Å². The Kier molecular flexibility index (Phi) is 6.62. The summed E-state index contributed by atoms with van der Waals surface area (Å²) in [5, 5.41) is 17.6. The molecule has 0 saturated heterocycles. The predicted octanol–water partition coefficient (Wildman–Crippen LogP) is -0.629. The van der Waals surface area contributed by atoms with E-state index in [1.54, 1.807) is 19.1 Å². The number of fused-ring (bicyclic) bond motifs is 1. The highest BCUT2D eigenvalue weighted by molar-refractivity contribution is 7.89. The van der Waals surface area contributed by atoms with Gasteiger partial charge in [0, 0.05) is 6.42 Å². The van der Waals surface area contributed by atoms with Crippen LogP contribution in [0.4, 0.5) is 0 Å². The van der Waals surface area contributed by atoms with E-state index < -0.39 is 35.0 Å². The fraction of sp³-hybridized carbons (Fsp3) is 0.467. The molecule has 26 heavy (non-hydrogen) atoms. The number of benzene rings is 1. The van der Waals surface area contributed by atoms with Crippen molar-refractivity contribution in [3.63, 3.8) is 0 Å². The summed E-state index contributed by atoms with van der Waals surface area (Å²) < 4.78 is 32.1. The van der Waals surface area contributed by atoms with Crippen molar-refractivity contribution in [2.75, 3.05) is 12.4 Å². The normalized spacial score (nSPS) is 16.4. The average Bonchev–Trinajstić information content (AvgIpc) is 2.54. The maximum atomic E-state index is 12.0. The van der Waals surface area contributed by atoms with Crippen LogP contribution in [-0.4, -0.2) is 50.7 Å². The summed E-state index contributed by atoms with van der Waals surface area (Å²) in [5.41, 5.74) is 0.858. The van der Waals surface area contributed by atoms with Crippen LogP contribution in [-0.2, 0) is 26.0 Å². The molecule has 0 saturated carbocycles. The number of nitrogens with one attached hydrogen (secondary N) is 1. The topological polar surface area (TPSA) is 145 Å². The number of rotatable bonds is 7. The molecule has 1 aliphatic heterocycles. The summed E-state index contributed by atoms with van der Waals surface area (Å²) >= 11 is 0. The third kappa shape index (κ3) is 5.45. The van der Waals surface area contributed by atoms with Gasteiger partial charge in [0.1, 0.15) is 11.3 Å². The number of ether oxygens (including phenoxy) is 1. The highest BCUT2D eigenvalue weighted by atomic mass is 32.2. The summed E-state index contributed by atoms with van der Waals surface area (Å²) in [6, 6.07) is 4.93. The average molecular weight is 384 g/mol. The summed E-state index contributed by atoms with van der Waals surface area (Å²) in [7, 11) is -4.97. The van der Waals surface area contributed by atoms with E-state index in [2.05, 4.69) is 5.32 Å². The molecule has 142 valence electrons. The number of amides is 1. The van der Waals surface area contributed by atoms with Crippen LogP contribution in [0.3, 0.4) is 0 Å². The van der Waals surface area contributed by atoms with Crippen molar-refractivity contribution < 1.29 is 32.4 Å². The fourth-order valence-electron chi connectivity index (χ4n) is 2.63. The van der Waals surface area contributed by atoms with Gasteiger partial charge in [-0.15, -0.1) is 0 Å². The first-order chi connectivity index (χ1) is 12.2. The summed E-state index contributed by atoms with van der Waals surface area (Å²) in [6.07, 6.45) is 0.290. The predicted molar refractivity (Wildman–Crippen MR) is 93.8 cm³/mol. The molecule has 1 atom stereocenters. The van der Waals surface area contributed by atoms with E-state index in [1.807, 2.05) is 0 Å². The molecule has 9 nitrogen and oxygen atoms in total. The van der Waals surface area contributed by atoms with Gasteiger partial charge in [0.2, 0.25) is 15.9 Å². The molecular formula is C15H21BN2O7S. The van der Waals surface area contributed by atoms with Gasteiger partial charge in [0.05, 0.1) is 18.3 Å². The van der Waals surface area contributed by atoms with Gasteiger partial charge in [-0.3, -0.25) is 4.79 Å². The monoisotopic (exact) mass is 384 g/mol. The molecule has 0 fully saturated rings. The molecular weight excluding hydrogens is 363 g/mol. The van der Waals surface area contributed by atoms with Crippen LogP contribution in [0.5, 0.6) is 5.75 Å². The SMILES string of the molecule is CCOC(=O)c1cccc2c1OB(O)C(NC(=O)CCCS(N)(=O)=O)C2. The van der Waals surface area contributed by atoms with Gasteiger partial charge in [-0.2, -0.15) is 0 Å². The van der Waals surface area contributed by atoms with Crippen LogP contribution in [0.1, 0.15) is 35.7 Å². The van der Waals surface area contributed by atoms with Crippen LogP contribution in [0.25, 0.3) is 0 Å². The molecule has 0 radical (unpaired) electrons. The van der Waals surface area contributed by atoms with Crippen molar-refractivity contribution in [3.8, 4) is 5.75 Å². The molecule has 2 rings (SSSR count). The number of carbonyl (C=O) groups excluding carboxylic acids is 2. The number of para-hydroxylation sites is 1. The van der Waals surface area contributed by atoms with Crippen LogP contribution in [0.2, 0.25) is 0 Å². The van der Waals surface area contributed by atoms with Gasteiger partial charge >= 0.3 is 13.1 Å². The molecule has 1 unspecified atom stereocenters. The Balaban J connectivity index is 2.02. The van der Waals surface area contributed by atoms with Gasteiger partial charge < -0.3 is 19.7 Å². The van der Waals surface area contributed by atoms with Gasteiger partial charge in [-0.25, -0.2) is 18.4 Å². The molecule has 11 heteroatoms. The molecule has 0 spiro atoms. The van der Waals surface area contributed by atoms with Gasteiger partial charge in [0.25, 0.3) is 0 Å². The van der Waals surface area contributed by atoms with E-state index in [4.69, 9.17) is 14.5 Å². The third-order valence-electron chi connectivity index (χ3n) is 3.79. The van der Waals surface area contributed by atoms with E-state index in [0.29, 0.717) is 5.56 Å². The molecule has 1 aliphatic rings. The zero-order chi connectivity index (χ0) is 19.3. The summed E-state index contributed by atoms with van der Waals surface area (Å²) in [4.78, 5) is 23.9. The zero-order valence-corrected chi connectivity index (χ0v) is 15.1. The Morgan fingerprint density at radius 3 is 2.85 bits per heavy atom. The van der Waals surface area contributed by atoms with E-state index in [1.165, 1.54) is 6.07 Å². The van der Waals surface area contributed by atoms with E-state index in [0.717, 1.165) is 0 Å². The van der Waals surface area contributed by atoms with Crippen LogP contribution >= 0.6 is 0 Å². The Morgan fingerprint density at radius 1 is 1.46 bits per heavy atom. The van der Waals surface area contributed by atoms with E-state index in [-0.39, 0.29) is 42.9 Å². The Labute approximate surface area is 152 Å². The molecule has 1 heterocycles. The molecule has 0 bridgehead atoms. The second kappa shape index (κ2) is 8.52. The highest BCUT2D eigenvalue weighted by Crippen LogP contribution is 2.30. The third-order valence-corrected chi connectivity index (χ3v) is 4.65. The molecule has 0 aromatic heterocycles. The minimum absolute atomic E-state index is 0.0463. The van der Waals surface area contributed by atoms with Crippen molar-refractivity contribution in [2.24, 2.45) is 5.14 Å². The van der Waals surface area contributed by atoms with Crippen molar-refractivity contribution in [2.45, 2.75) is 32.1 Å². The lowest BCUT2D eigenvalue weighted by Gasteiger charge is -2.29. The van der Waals surface area contributed by atoms with Gasteiger partial charge in [-0.05, 0) is 31.4 Å². The van der Waals surface area contributed by atoms with Crippen LogP contribution in [0, 0.1) is 0 Å². The standard InChI is InChI=1S/C15H21BN2O7S/c1-2-24-15(20)11-6-3-5-10-9-12(16(21)25-14(10)11)18-13(19)7-4-8-26(17,22)23/h3,5-6,12,21H,2,4,7-9H2,1H3,(H,18,19)(H2,17,22,23). The largest absolute Gasteiger partial charge is 0.547 e. The highest BCUT2D eigenvalue weighted by Gasteiger charge is 2.37. The lowest BCUT2D eigenvalue weighted by molar-refractivity contribution is -0.121. The van der Waals surface area contributed by atoms with Crippen molar-refractivity contribution in [1.82, 2.24) is 5.32 Å². The van der Waals surface area contributed by atoms with Crippen LogP contribution < -0.4 is 15.1 Å². The zero-order valence-electron chi connectivity index (χ0n) is 14.3. The number of hydrogen-bond acceptors (Lipinski definition) is 7. The second-order valence-corrected chi connectivity index (χ2v) is 7.61. The molecule has 0 aliphatic carbocycles. The number of nitrogens with two attached hydrogens (primary N) is 1. The second-order valence-electron chi connectivity index (χ2n) is 5.87. The maximum Gasteiger partial charge on any atom is 0.547 e. The molecule has 1 amide bonds.